The van der Waals surface area contributed by atoms with Crippen molar-refractivity contribution < 1.29 is 4.74 Å². The van der Waals surface area contributed by atoms with Gasteiger partial charge in [-0.1, -0.05) is 33.1 Å². The van der Waals surface area contributed by atoms with E-state index in [4.69, 9.17) is 10.5 Å². The van der Waals surface area contributed by atoms with Crippen LogP contribution in [0.2, 0.25) is 0 Å². The van der Waals surface area contributed by atoms with Crippen molar-refractivity contribution in [2.75, 3.05) is 17.6 Å². The number of nitrogen functional groups attached to an aromatic ring is 1. The number of unbranched alkanes of at least 4 members (excludes halogenated alkanes) is 3. The Hall–Kier alpha value is -1.71. The smallest absolute Gasteiger partial charge is 0.155 e. The highest BCUT2D eigenvalue weighted by molar-refractivity contribution is 6.02. The third-order valence-corrected chi connectivity index (χ3v) is 3.51. The van der Waals surface area contributed by atoms with Crippen LogP contribution in [0, 0.1) is 0 Å². The van der Waals surface area contributed by atoms with Crippen LogP contribution < -0.4 is 15.8 Å². The van der Waals surface area contributed by atoms with E-state index in [2.05, 4.69) is 24.2 Å². The summed E-state index contributed by atoms with van der Waals surface area (Å²) in [5.74, 6) is 1.79. The number of rotatable bonds is 6. The molecule has 0 radical (unpaired) electrons. The van der Waals surface area contributed by atoms with Gasteiger partial charge < -0.3 is 15.8 Å². The number of hydrogen-bond acceptors (Lipinski definition) is 3. The maximum Gasteiger partial charge on any atom is 0.155 e. The summed E-state index contributed by atoms with van der Waals surface area (Å²) in [6, 6.07) is 5.67. The van der Waals surface area contributed by atoms with Crippen LogP contribution in [-0.2, 0) is 0 Å². The molecular formula is C16H25N3O. The van der Waals surface area contributed by atoms with Gasteiger partial charge in [0.2, 0.25) is 0 Å². The van der Waals surface area contributed by atoms with E-state index in [9.17, 15) is 0 Å². The Morgan fingerprint density at radius 1 is 1.25 bits per heavy atom. The van der Waals surface area contributed by atoms with Crippen LogP contribution in [0.3, 0.4) is 0 Å². The Morgan fingerprint density at radius 2 is 2.10 bits per heavy atom. The van der Waals surface area contributed by atoms with E-state index in [1.165, 1.54) is 19.3 Å². The number of ether oxygens (including phenoxy) is 1. The average Bonchev–Trinajstić information content (AvgIpc) is 2.46. The number of nitrogens with one attached hydrogen (secondary N) is 1. The maximum atomic E-state index is 5.98. The molecule has 1 atom stereocenters. The minimum atomic E-state index is 0.0253. The van der Waals surface area contributed by atoms with Gasteiger partial charge in [0.05, 0.1) is 5.69 Å². The number of amidine groups is 1. The van der Waals surface area contributed by atoms with Crippen LogP contribution in [0.5, 0.6) is 5.75 Å². The summed E-state index contributed by atoms with van der Waals surface area (Å²) in [5, 5.41) is 3.37. The van der Waals surface area contributed by atoms with Crippen LogP contribution in [-0.4, -0.2) is 18.5 Å². The molecule has 0 fully saturated rings. The first kappa shape index (κ1) is 14.7. The minimum Gasteiger partial charge on any atom is -0.480 e. The van der Waals surface area contributed by atoms with Crippen molar-refractivity contribution in [1.29, 1.82) is 0 Å². The van der Waals surface area contributed by atoms with E-state index >= 15 is 0 Å². The highest BCUT2D eigenvalue weighted by atomic mass is 16.5. The molecule has 0 aromatic heterocycles. The molecule has 3 N–H and O–H groups in total. The molecule has 110 valence electrons. The quantitative estimate of drug-likeness (QED) is 0.612. The van der Waals surface area contributed by atoms with Crippen LogP contribution >= 0.6 is 0 Å². The molecule has 20 heavy (non-hydrogen) atoms. The predicted octanol–water partition coefficient (Wildman–Crippen LogP) is 3.83. The molecular weight excluding hydrogens is 250 g/mol. The summed E-state index contributed by atoms with van der Waals surface area (Å²) < 4.78 is 5.98. The first-order valence-electron chi connectivity index (χ1n) is 7.62. The molecule has 0 saturated heterocycles. The summed E-state index contributed by atoms with van der Waals surface area (Å²) in [6.45, 7) is 5.19. The predicted molar refractivity (Wildman–Crippen MR) is 85.6 cm³/mol. The lowest BCUT2D eigenvalue weighted by atomic mass is 10.1. The fourth-order valence-corrected chi connectivity index (χ4v) is 2.33. The number of hydrogen-bond donors (Lipinski definition) is 2. The molecule has 1 aliphatic rings. The Kier molecular flexibility index (Phi) is 5.27. The Bertz CT molecular complexity index is 471. The monoisotopic (exact) mass is 275 g/mol. The second kappa shape index (κ2) is 7.17. The number of nitrogens with zero attached hydrogens (tertiary/aromatic N) is 1. The summed E-state index contributed by atoms with van der Waals surface area (Å²) in [7, 11) is 0. The summed E-state index contributed by atoms with van der Waals surface area (Å²) in [6.07, 6.45) is 5.85. The van der Waals surface area contributed by atoms with Crippen LogP contribution in [0.25, 0.3) is 0 Å². The lowest BCUT2D eigenvalue weighted by Crippen LogP contribution is -2.37. The number of anilines is 2. The maximum absolute atomic E-state index is 5.98. The second-order valence-corrected chi connectivity index (χ2v) is 5.22. The minimum absolute atomic E-state index is 0.0253. The number of nitrogens with two attached hydrogens (primary N) is 1. The first-order chi connectivity index (χ1) is 9.74. The van der Waals surface area contributed by atoms with Gasteiger partial charge in [-0.15, -0.1) is 0 Å². The van der Waals surface area contributed by atoms with Gasteiger partial charge in [0, 0.05) is 12.2 Å². The summed E-state index contributed by atoms with van der Waals surface area (Å²) >= 11 is 0. The second-order valence-electron chi connectivity index (χ2n) is 5.22. The highest BCUT2D eigenvalue weighted by Crippen LogP contribution is 2.32. The fourth-order valence-electron chi connectivity index (χ4n) is 2.33. The van der Waals surface area contributed by atoms with E-state index in [1.54, 1.807) is 0 Å². The average molecular weight is 275 g/mol. The summed E-state index contributed by atoms with van der Waals surface area (Å²) in [4.78, 5) is 4.68. The van der Waals surface area contributed by atoms with Crippen molar-refractivity contribution in [3.05, 3.63) is 18.2 Å². The molecule has 1 aromatic carbocycles. The Balaban J connectivity index is 2.03. The molecule has 0 aliphatic carbocycles. The SMILES string of the molecule is CCCCCCN=C1Nc2cc(N)ccc2OC1CC. The largest absolute Gasteiger partial charge is 0.480 e. The molecule has 0 bridgehead atoms. The van der Waals surface area contributed by atoms with E-state index < -0.39 is 0 Å². The number of fused-ring (bicyclic) bond motifs is 1. The molecule has 1 unspecified atom stereocenters. The molecule has 0 spiro atoms. The van der Waals surface area contributed by atoms with Crippen molar-refractivity contribution in [3.63, 3.8) is 0 Å². The fraction of sp³-hybridized carbons (Fsp3) is 0.562. The van der Waals surface area contributed by atoms with E-state index in [0.29, 0.717) is 0 Å². The Labute approximate surface area is 121 Å². The summed E-state index contributed by atoms with van der Waals surface area (Å²) in [5.41, 5.74) is 7.47. The van der Waals surface area contributed by atoms with Crippen molar-refractivity contribution in [2.45, 2.75) is 52.1 Å². The first-order valence-corrected chi connectivity index (χ1v) is 7.62. The normalized spacial score (nSPS) is 19.3. The van der Waals surface area contributed by atoms with Gasteiger partial charge in [-0.3, -0.25) is 4.99 Å². The van der Waals surface area contributed by atoms with Crippen molar-refractivity contribution in [2.24, 2.45) is 4.99 Å². The van der Waals surface area contributed by atoms with E-state index in [-0.39, 0.29) is 6.10 Å². The molecule has 1 heterocycles. The van der Waals surface area contributed by atoms with Gasteiger partial charge in [0.25, 0.3) is 0 Å². The molecule has 1 aromatic rings. The van der Waals surface area contributed by atoms with Gasteiger partial charge in [0.1, 0.15) is 11.6 Å². The van der Waals surface area contributed by atoms with Gasteiger partial charge in [-0.2, -0.15) is 0 Å². The lowest BCUT2D eigenvalue weighted by molar-refractivity contribution is 0.258. The van der Waals surface area contributed by atoms with Gasteiger partial charge in [0.15, 0.2) is 6.10 Å². The van der Waals surface area contributed by atoms with E-state index in [0.717, 1.165) is 42.3 Å². The topological polar surface area (TPSA) is 59.6 Å². The highest BCUT2D eigenvalue weighted by Gasteiger charge is 2.24. The van der Waals surface area contributed by atoms with Crippen molar-refractivity contribution >= 4 is 17.2 Å². The molecule has 2 rings (SSSR count). The van der Waals surface area contributed by atoms with Gasteiger partial charge >= 0.3 is 0 Å². The van der Waals surface area contributed by atoms with Gasteiger partial charge in [-0.05, 0) is 31.0 Å². The van der Waals surface area contributed by atoms with Crippen LogP contribution in [0.15, 0.2) is 23.2 Å². The van der Waals surface area contributed by atoms with Crippen molar-refractivity contribution in [3.8, 4) is 5.75 Å². The zero-order valence-electron chi connectivity index (χ0n) is 12.5. The molecule has 0 saturated carbocycles. The molecule has 4 nitrogen and oxygen atoms in total. The third kappa shape index (κ3) is 3.65. The number of aliphatic imine (C=N–C) groups is 1. The zero-order valence-corrected chi connectivity index (χ0v) is 12.5. The lowest BCUT2D eigenvalue weighted by Gasteiger charge is -2.28. The van der Waals surface area contributed by atoms with Crippen molar-refractivity contribution in [1.82, 2.24) is 0 Å². The van der Waals surface area contributed by atoms with Gasteiger partial charge in [-0.25, -0.2) is 0 Å². The zero-order chi connectivity index (χ0) is 14.4. The Morgan fingerprint density at radius 3 is 2.85 bits per heavy atom. The van der Waals surface area contributed by atoms with E-state index in [1.807, 2.05) is 18.2 Å². The number of benzene rings is 1. The molecule has 0 amide bonds. The molecule has 4 heteroatoms. The van der Waals surface area contributed by atoms with Crippen LogP contribution in [0.4, 0.5) is 11.4 Å². The standard InChI is InChI=1S/C16H25N3O/c1-3-5-6-7-10-18-16-14(4-2)20-15-9-8-12(17)11-13(15)19-16/h8-9,11,14H,3-7,10,17H2,1-2H3,(H,18,19). The van der Waals surface area contributed by atoms with Crippen LogP contribution in [0.1, 0.15) is 46.0 Å². The third-order valence-electron chi connectivity index (χ3n) is 3.51. The molecule has 1 aliphatic heterocycles.